The van der Waals surface area contributed by atoms with Crippen LogP contribution < -0.4 is 5.32 Å². The summed E-state index contributed by atoms with van der Waals surface area (Å²) in [6.07, 6.45) is 3.43. The van der Waals surface area contributed by atoms with Crippen LogP contribution in [-0.2, 0) is 4.79 Å². The second kappa shape index (κ2) is 4.95. The highest BCUT2D eigenvalue weighted by Crippen LogP contribution is 2.23. The number of hydrogen-bond acceptors (Lipinski definition) is 3. The molecule has 0 saturated heterocycles. The van der Waals surface area contributed by atoms with Crippen molar-refractivity contribution in [1.29, 1.82) is 5.41 Å². The summed E-state index contributed by atoms with van der Waals surface area (Å²) in [5.74, 6) is 0.0707. The standard InChI is InChI=1S/C14H16N2O/c1-10-4-2-5-11(8-10)16-13-6-3-7-14(17)12(13)9-15/h2,4-5,8-9,15-16H,3,6-7H2,1H3. The zero-order chi connectivity index (χ0) is 12.3. The summed E-state index contributed by atoms with van der Waals surface area (Å²) in [7, 11) is 0. The Kier molecular flexibility index (Phi) is 3.38. The summed E-state index contributed by atoms with van der Waals surface area (Å²) in [6.45, 7) is 2.03. The molecule has 0 aliphatic heterocycles. The van der Waals surface area contributed by atoms with Crippen molar-refractivity contribution in [2.75, 3.05) is 5.32 Å². The molecule has 2 rings (SSSR count). The van der Waals surface area contributed by atoms with E-state index in [4.69, 9.17) is 5.41 Å². The average Bonchev–Trinajstić information content (AvgIpc) is 2.29. The number of rotatable bonds is 3. The lowest BCUT2D eigenvalue weighted by molar-refractivity contribution is -0.115. The van der Waals surface area contributed by atoms with Crippen LogP contribution in [0.2, 0.25) is 0 Å². The molecule has 17 heavy (non-hydrogen) atoms. The van der Waals surface area contributed by atoms with Crippen molar-refractivity contribution in [2.24, 2.45) is 0 Å². The Labute approximate surface area is 101 Å². The molecule has 0 bridgehead atoms. The Balaban J connectivity index is 2.28. The lowest BCUT2D eigenvalue weighted by atomic mass is 9.95. The minimum absolute atomic E-state index is 0.0707. The van der Waals surface area contributed by atoms with Gasteiger partial charge in [0.15, 0.2) is 5.78 Å². The van der Waals surface area contributed by atoms with Gasteiger partial charge in [-0.05, 0) is 37.5 Å². The number of aryl methyl sites for hydroxylation is 1. The second-order valence-corrected chi connectivity index (χ2v) is 4.31. The van der Waals surface area contributed by atoms with Crippen LogP contribution in [0.15, 0.2) is 35.5 Å². The molecule has 3 nitrogen and oxygen atoms in total. The first kappa shape index (κ1) is 11.6. The SMILES string of the molecule is Cc1cccc(NC2=C(C=N)C(=O)CCC2)c1. The summed E-state index contributed by atoms with van der Waals surface area (Å²) in [5.41, 5.74) is 3.56. The number of anilines is 1. The molecule has 88 valence electrons. The van der Waals surface area contributed by atoms with E-state index in [9.17, 15) is 4.79 Å². The largest absolute Gasteiger partial charge is 0.358 e. The summed E-state index contributed by atoms with van der Waals surface area (Å²) in [4.78, 5) is 11.6. The molecule has 0 heterocycles. The summed E-state index contributed by atoms with van der Waals surface area (Å²) in [5, 5.41) is 10.6. The maximum atomic E-state index is 11.6. The lowest BCUT2D eigenvalue weighted by Crippen LogP contribution is -2.17. The molecular weight excluding hydrogens is 212 g/mol. The number of hydrogen-bond donors (Lipinski definition) is 2. The smallest absolute Gasteiger partial charge is 0.166 e. The first-order valence-electron chi connectivity index (χ1n) is 5.81. The molecular formula is C14H16N2O. The van der Waals surface area contributed by atoms with E-state index in [0.717, 1.165) is 24.2 Å². The van der Waals surface area contributed by atoms with E-state index < -0.39 is 0 Å². The van der Waals surface area contributed by atoms with Crippen LogP contribution >= 0.6 is 0 Å². The molecule has 0 saturated carbocycles. The van der Waals surface area contributed by atoms with Crippen LogP contribution in [0.1, 0.15) is 24.8 Å². The maximum Gasteiger partial charge on any atom is 0.166 e. The molecule has 1 aromatic rings. The van der Waals surface area contributed by atoms with Gasteiger partial charge in [-0.1, -0.05) is 12.1 Å². The van der Waals surface area contributed by atoms with Crippen molar-refractivity contribution in [3.8, 4) is 0 Å². The highest BCUT2D eigenvalue weighted by atomic mass is 16.1. The molecule has 1 aromatic carbocycles. The van der Waals surface area contributed by atoms with Crippen LogP contribution in [0.25, 0.3) is 0 Å². The van der Waals surface area contributed by atoms with Gasteiger partial charge in [-0.15, -0.1) is 0 Å². The molecule has 0 radical (unpaired) electrons. The van der Waals surface area contributed by atoms with Crippen molar-refractivity contribution < 1.29 is 4.79 Å². The molecule has 1 aliphatic carbocycles. The fourth-order valence-corrected chi connectivity index (χ4v) is 2.06. The van der Waals surface area contributed by atoms with E-state index in [0.29, 0.717) is 12.0 Å². The van der Waals surface area contributed by atoms with Gasteiger partial charge in [-0.25, -0.2) is 0 Å². The van der Waals surface area contributed by atoms with Crippen LogP contribution in [0.3, 0.4) is 0 Å². The van der Waals surface area contributed by atoms with Crippen molar-refractivity contribution in [3.63, 3.8) is 0 Å². The quantitative estimate of drug-likeness (QED) is 0.781. The van der Waals surface area contributed by atoms with Crippen LogP contribution in [-0.4, -0.2) is 12.0 Å². The minimum Gasteiger partial charge on any atom is -0.358 e. The van der Waals surface area contributed by atoms with Crippen LogP contribution in [0, 0.1) is 12.3 Å². The molecule has 0 spiro atoms. The Bertz CT molecular complexity index is 489. The van der Waals surface area contributed by atoms with Gasteiger partial charge in [0.2, 0.25) is 0 Å². The maximum absolute atomic E-state index is 11.6. The number of benzene rings is 1. The van der Waals surface area contributed by atoms with Crippen LogP contribution in [0.4, 0.5) is 5.69 Å². The molecule has 3 heteroatoms. The number of carbonyl (C=O) groups is 1. The number of ketones is 1. The van der Waals surface area contributed by atoms with E-state index in [2.05, 4.69) is 5.32 Å². The Morgan fingerprint density at radius 2 is 2.18 bits per heavy atom. The second-order valence-electron chi connectivity index (χ2n) is 4.31. The monoisotopic (exact) mass is 228 g/mol. The Morgan fingerprint density at radius 1 is 1.35 bits per heavy atom. The molecule has 0 fully saturated rings. The van der Waals surface area contributed by atoms with Gasteiger partial charge in [-0.3, -0.25) is 4.79 Å². The first-order valence-corrected chi connectivity index (χ1v) is 5.81. The number of nitrogens with one attached hydrogen (secondary N) is 2. The summed E-state index contributed by atoms with van der Waals surface area (Å²) in [6, 6.07) is 8.02. The fraction of sp³-hybridized carbons (Fsp3) is 0.286. The highest BCUT2D eigenvalue weighted by molar-refractivity contribution is 6.14. The number of Topliss-reactive ketones (excluding diaryl/α,β-unsaturated/α-hetero) is 1. The summed E-state index contributed by atoms with van der Waals surface area (Å²) >= 11 is 0. The van der Waals surface area contributed by atoms with Crippen molar-refractivity contribution in [1.82, 2.24) is 0 Å². The van der Waals surface area contributed by atoms with E-state index in [1.165, 1.54) is 11.8 Å². The molecule has 1 aliphatic rings. The molecule has 2 N–H and O–H groups in total. The van der Waals surface area contributed by atoms with Crippen molar-refractivity contribution >= 4 is 17.7 Å². The van der Waals surface area contributed by atoms with Crippen molar-refractivity contribution in [3.05, 3.63) is 41.1 Å². The predicted molar refractivity (Wildman–Crippen MR) is 69.5 cm³/mol. The highest BCUT2D eigenvalue weighted by Gasteiger charge is 2.18. The Morgan fingerprint density at radius 3 is 2.88 bits per heavy atom. The predicted octanol–water partition coefficient (Wildman–Crippen LogP) is 3.06. The zero-order valence-electron chi connectivity index (χ0n) is 9.92. The molecule has 0 amide bonds. The zero-order valence-corrected chi connectivity index (χ0v) is 9.92. The number of carbonyl (C=O) groups excluding carboxylic acids is 1. The van der Waals surface area contributed by atoms with Gasteiger partial charge < -0.3 is 10.7 Å². The average molecular weight is 228 g/mol. The van der Waals surface area contributed by atoms with E-state index in [-0.39, 0.29) is 5.78 Å². The third-order valence-corrected chi connectivity index (χ3v) is 2.91. The van der Waals surface area contributed by atoms with Gasteiger partial charge >= 0.3 is 0 Å². The van der Waals surface area contributed by atoms with Crippen molar-refractivity contribution in [2.45, 2.75) is 26.2 Å². The van der Waals surface area contributed by atoms with Gasteiger partial charge in [-0.2, -0.15) is 0 Å². The van der Waals surface area contributed by atoms with Gasteiger partial charge in [0.25, 0.3) is 0 Å². The first-order chi connectivity index (χ1) is 8.20. The van der Waals surface area contributed by atoms with E-state index in [1.807, 2.05) is 31.2 Å². The molecule has 0 atom stereocenters. The van der Waals surface area contributed by atoms with Gasteiger partial charge in [0, 0.05) is 24.0 Å². The van der Waals surface area contributed by atoms with Gasteiger partial charge in [0.1, 0.15) is 0 Å². The third kappa shape index (κ3) is 2.61. The number of allylic oxidation sites excluding steroid dienone is 2. The van der Waals surface area contributed by atoms with Crippen LogP contribution in [0.5, 0.6) is 0 Å². The lowest BCUT2D eigenvalue weighted by Gasteiger charge is -2.18. The van der Waals surface area contributed by atoms with Gasteiger partial charge in [0.05, 0.1) is 5.57 Å². The third-order valence-electron chi connectivity index (χ3n) is 2.91. The normalized spacial score (nSPS) is 15.9. The van der Waals surface area contributed by atoms with E-state index in [1.54, 1.807) is 0 Å². The topological polar surface area (TPSA) is 53.0 Å². The molecule has 0 aromatic heterocycles. The Hall–Kier alpha value is -1.90. The molecule has 0 unspecified atom stereocenters. The minimum atomic E-state index is 0.0707. The fourth-order valence-electron chi connectivity index (χ4n) is 2.06. The summed E-state index contributed by atoms with van der Waals surface area (Å²) < 4.78 is 0. The van der Waals surface area contributed by atoms with E-state index >= 15 is 0 Å².